The summed E-state index contributed by atoms with van der Waals surface area (Å²) in [7, 11) is 1.65. The van der Waals surface area contributed by atoms with E-state index in [1.54, 1.807) is 25.9 Å². The molecule has 1 aromatic heterocycles. The van der Waals surface area contributed by atoms with E-state index >= 15 is 0 Å². The molecule has 0 aliphatic carbocycles. The van der Waals surface area contributed by atoms with Crippen molar-refractivity contribution in [3.05, 3.63) is 51.8 Å². The molecule has 1 saturated heterocycles. The Bertz CT molecular complexity index is 858. The van der Waals surface area contributed by atoms with Crippen LogP contribution in [0.3, 0.4) is 0 Å². The van der Waals surface area contributed by atoms with Crippen LogP contribution in [0.15, 0.2) is 30.5 Å². The second-order valence-electron chi connectivity index (χ2n) is 6.95. The minimum atomic E-state index is -0.571. The van der Waals surface area contributed by atoms with Crippen LogP contribution in [0, 0.1) is 17.0 Å². The number of rotatable bonds is 6. The van der Waals surface area contributed by atoms with E-state index in [-0.39, 0.29) is 11.6 Å². The average Bonchev–Trinajstić information content (AvgIpc) is 3.09. The molecule has 2 aromatic rings. The van der Waals surface area contributed by atoms with Crippen molar-refractivity contribution in [1.82, 2.24) is 19.6 Å². The summed E-state index contributed by atoms with van der Waals surface area (Å²) in [5, 5.41) is 15.0. The van der Waals surface area contributed by atoms with Crippen molar-refractivity contribution < 1.29 is 14.5 Å². The fourth-order valence-corrected chi connectivity index (χ4v) is 3.51. The number of hydrogen-bond donors (Lipinski definition) is 0. The van der Waals surface area contributed by atoms with Gasteiger partial charge in [0, 0.05) is 32.7 Å². The molecule has 28 heavy (non-hydrogen) atoms. The predicted octanol–water partition coefficient (Wildman–Crippen LogP) is 2.01. The van der Waals surface area contributed by atoms with E-state index in [1.807, 2.05) is 18.2 Å². The number of nitro groups is 1. The van der Waals surface area contributed by atoms with Crippen LogP contribution in [0.5, 0.6) is 5.75 Å². The van der Waals surface area contributed by atoms with E-state index in [9.17, 15) is 14.9 Å². The number of carbonyl (C=O) groups is 1. The van der Waals surface area contributed by atoms with Gasteiger partial charge in [-0.2, -0.15) is 5.10 Å². The van der Waals surface area contributed by atoms with E-state index < -0.39 is 11.0 Å². The Kier molecular flexibility index (Phi) is 5.93. The van der Waals surface area contributed by atoms with Gasteiger partial charge in [-0.15, -0.1) is 0 Å². The summed E-state index contributed by atoms with van der Waals surface area (Å²) in [6, 6.07) is 7.41. The van der Waals surface area contributed by atoms with Gasteiger partial charge in [-0.05, 0) is 31.5 Å². The van der Waals surface area contributed by atoms with Gasteiger partial charge in [0.25, 0.3) is 0 Å². The molecule has 9 nitrogen and oxygen atoms in total. The van der Waals surface area contributed by atoms with E-state index in [0.29, 0.717) is 18.8 Å². The van der Waals surface area contributed by atoms with Crippen molar-refractivity contribution in [2.45, 2.75) is 26.4 Å². The number of methoxy groups -OCH3 is 1. The van der Waals surface area contributed by atoms with Gasteiger partial charge >= 0.3 is 5.69 Å². The number of amides is 1. The summed E-state index contributed by atoms with van der Waals surface area (Å²) in [4.78, 5) is 27.5. The van der Waals surface area contributed by atoms with Crippen LogP contribution in [-0.4, -0.2) is 63.7 Å². The minimum absolute atomic E-state index is 0.0669. The van der Waals surface area contributed by atoms with E-state index in [4.69, 9.17) is 4.74 Å². The lowest BCUT2D eigenvalue weighted by Gasteiger charge is -2.36. The van der Waals surface area contributed by atoms with Crippen molar-refractivity contribution in [2.75, 3.05) is 33.3 Å². The molecule has 3 rings (SSSR count). The first-order valence-corrected chi connectivity index (χ1v) is 9.23. The zero-order chi connectivity index (χ0) is 20.3. The van der Waals surface area contributed by atoms with Gasteiger partial charge in [-0.1, -0.05) is 12.1 Å². The summed E-state index contributed by atoms with van der Waals surface area (Å²) >= 11 is 0. The Balaban J connectivity index is 1.58. The summed E-state index contributed by atoms with van der Waals surface area (Å²) < 4.78 is 6.70. The number of ether oxygens (including phenoxy) is 1. The fourth-order valence-electron chi connectivity index (χ4n) is 3.51. The fraction of sp³-hybridized carbons (Fsp3) is 0.474. The first-order valence-electron chi connectivity index (χ1n) is 9.23. The SMILES string of the molecule is COc1cccc(CN2CCN(C(=O)C(C)n3ncc([N+](=O)[O-])c3C)CC2)c1. The highest BCUT2D eigenvalue weighted by atomic mass is 16.6. The summed E-state index contributed by atoms with van der Waals surface area (Å²) in [5.74, 6) is 0.769. The minimum Gasteiger partial charge on any atom is -0.497 e. The Morgan fingerprint density at radius 3 is 2.64 bits per heavy atom. The van der Waals surface area contributed by atoms with Gasteiger partial charge < -0.3 is 9.64 Å². The van der Waals surface area contributed by atoms with Crippen molar-refractivity contribution in [1.29, 1.82) is 0 Å². The van der Waals surface area contributed by atoms with E-state index in [0.717, 1.165) is 25.4 Å². The first-order chi connectivity index (χ1) is 13.4. The molecule has 0 N–H and O–H groups in total. The molecule has 1 atom stereocenters. The molecule has 1 aliphatic heterocycles. The van der Waals surface area contributed by atoms with Gasteiger partial charge in [0.05, 0.1) is 12.0 Å². The standard InChI is InChI=1S/C19H25N5O4/c1-14-18(24(26)27)12-20-23(14)15(2)19(25)22-9-7-21(8-10-22)13-16-5-4-6-17(11-16)28-3/h4-6,11-12,15H,7-10,13H2,1-3H3. The molecule has 0 radical (unpaired) electrons. The van der Waals surface area contributed by atoms with Crippen molar-refractivity contribution in [3.8, 4) is 5.75 Å². The maximum atomic E-state index is 12.8. The predicted molar refractivity (Wildman–Crippen MR) is 103 cm³/mol. The van der Waals surface area contributed by atoms with Gasteiger partial charge in [0.2, 0.25) is 5.91 Å². The highest BCUT2D eigenvalue weighted by molar-refractivity contribution is 5.80. The third-order valence-electron chi connectivity index (χ3n) is 5.16. The lowest BCUT2D eigenvalue weighted by molar-refractivity contribution is -0.385. The topological polar surface area (TPSA) is 93.7 Å². The first kappa shape index (κ1) is 19.8. The lowest BCUT2D eigenvalue weighted by Crippen LogP contribution is -2.50. The molecule has 0 spiro atoms. The van der Waals surface area contributed by atoms with Crippen LogP contribution in [0.25, 0.3) is 0 Å². The Labute approximate surface area is 163 Å². The summed E-state index contributed by atoms with van der Waals surface area (Å²) in [6.45, 7) is 6.93. The molecule has 1 aromatic carbocycles. The smallest absolute Gasteiger partial charge is 0.309 e. The average molecular weight is 387 g/mol. The molecule has 0 saturated carbocycles. The third-order valence-corrected chi connectivity index (χ3v) is 5.16. The van der Waals surface area contributed by atoms with Gasteiger partial charge in [-0.3, -0.25) is 24.5 Å². The molecule has 2 heterocycles. The van der Waals surface area contributed by atoms with Gasteiger partial charge in [0.1, 0.15) is 23.7 Å². The van der Waals surface area contributed by atoms with Crippen molar-refractivity contribution in [3.63, 3.8) is 0 Å². The number of piperazine rings is 1. The molecule has 9 heteroatoms. The number of hydrogen-bond acceptors (Lipinski definition) is 6. The van der Waals surface area contributed by atoms with Crippen molar-refractivity contribution in [2.24, 2.45) is 0 Å². The van der Waals surface area contributed by atoms with Crippen LogP contribution in [-0.2, 0) is 11.3 Å². The molecule has 150 valence electrons. The molecule has 1 fully saturated rings. The Morgan fingerprint density at radius 1 is 1.32 bits per heavy atom. The van der Waals surface area contributed by atoms with Crippen molar-refractivity contribution >= 4 is 11.6 Å². The number of aromatic nitrogens is 2. The molecule has 1 unspecified atom stereocenters. The van der Waals surface area contributed by atoms with E-state index in [1.165, 1.54) is 16.4 Å². The maximum Gasteiger partial charge on any atom is 0.309 e. The Morgan fingerprint density at radius 2 is 2.04 bits per heavy atom. The van der Waals surface area contributed by atoms with Crippen LogP contribution in [0.1, 0.15) is 24.2 Å². The summed E-state index contributed by atoms with van der Waals surface area (Å²) in [6.07, 6.45) is 1.20. The van der Waals surface area contributed by atoms with Gasteiger partial charge in [0.15, 0.2) is 0 Å². The lowest BCUT2D eigenvalue weighted by atomic mass is 10.1. The second kappa shape index (κ2) is 8.39. The number of carbonyl (C=O) groups excluding carboxylic acids is 1. The Hall–Kier alpha value is -2.94. The molecule has 1 aliphatic rings. The summed E-state index contributed by atoms with van der Waals surface area (Å²) in [5.41, 5.74) is 1.50. The van der Waals surface area contributed by atoms with Crippen LogP contribution in [0.2, 0.25) is 0 Å². The second-order valence-corrected chi connectivity index (χ2v) is 6.95. The highest BCUT2D eigenvalue weighted by Gasteiger charge is 2.29. The molecule has 1 amide bonds. The quantitative estimate of drug-likeness (QED) is 0.556. The maximum absolute atomic E-state index is 12.8. The molecular formula is C19H25N5O4. The van der Waals surface area contributed by atoms with Crippen LogP contribution >= 0.6 is 0 Å². The zero-order valence-electron chi connectivity index (χ0n) is 16.4. The van der Waals surface area contributed by atoms with E-state index in [2.05, 4.69) is 16.1 Å². The van der Waals surface area contributed by atoms with Crippen LogP contribution < -0.4 is 4.74 Å². The number of benzene rings is 1. The monoisotopic (exact) mass is 387 g/mol. The third kappa shape index (κ3) is 4.14. The highest BCUT2D eigenvalue weighted by Crippen LogP contribution is 2.22. The zero-order valence-corrected chi connectivity index (χ0v) is 16.4. The normalized spacial score (nSPS) is 16.0. The van der Waals surface area contributed by atoms with Gasteiger partial charge in [-0.25, -0.2) is 0 Å². The number of nitrogens with zero attached hydrogens (tertiary/aromatic N) is 5. The molecule has 0 bridgehead atoms. The largest absolute Gasteiger partial charge is 0.497 e. The molecular weight excluding hydrogens is 362 g/mol. The van der Waals surface area contributed by atoms with Crippen LogP contribution in [0.4, 0.5) is 5.69 Å².